The van der Waals surface area contributed by atoms with Crippen molar-refractivity contribution >= 4 is 5.97 Å². The van der Waals surface area contributed by atoms with Crippen LogP contribution in [0.5, 0.6) is 0 Å². The van der Waals surface area contributed by atoms with Gasteiger partial charge in [0.15, 0.2) is 12.1 Å². The largest absolute Gasteiger partial charge is 0.466 e. The number of methoxy groups -OCH3 is 1. The van der Waals surface area contributed by atoms with Crippen LogP contribution >= 0.6 is 0 Å². The van der Waals surface area contributed by atoms with Crippen LogP contribution in [0.1, 0.15) is 32.8 Å². The first-order chi connectivity index (χ1) is 12.9. The topological polar surface area (TPSA) is 75.3 Å². The summed E-state index contributed by atoms with van der Waals surface area (Å²) in [4.78, 5) is 12.1. The first-order valence-electron chi connectivity index (χ1n) is 9.40. The fourth-order valence-corrected chi connectivity index (χ4v) is 3.65. The molecule has 0 spiro atoms. The normalized spacial score (nSPS) is 30.1. The number of nitrogens with one attached hydrogen (secondary N) is 1. The summed E-state index contributed by atoms with van der Waals surface area (Å²) in [7, 11) is 1.62. The van der Waals surface area contributed by atoms with Gasteiger partial charge in [0.05, 0.1) is 13.0 Å². The number of carbonyl (C=O) groups is 1. The second-order valence-corrected chi connectivity index (χ2v) is 7.25. The molecule has 1 N–H and O–H groups in total. The predicted molar refractivity (Wildman–Crippen MR) is 97.8 cm³/mol. The Morgan fingerprint density at radius 3 is 2.67 bits per heavy atom. The van der Waals surface area contributed by atoms with Gasteiger partial charge in [-0.2, -0.15) is 0 Å². The van der Waals surface area contributed by atoms with E-state index in [-0.39, 0.29) is 30.6 Å². The number of rotatable bonds is 8. The third kappa shape index (κ3) is 4.86. The SMILES string of the molecule is CCOC(=O)CC(NCc1ccccc1)[C@H]1O[C@@H]2OC(C)(C)O[C@@H]2[C@H]1OC. The molecular formula is C20H29NO6. The highest BCUT2D eigenvalue weighted by atomic mass is 16.8. The van der Waals surface area contributed by atoms with E-state index in [0.717, 1.165) is 5.56 Å². The average molecular weight is 379 g/mol. The summed E-state index contributed by atoms with van der Waals surface area (Å²) in [6.45, 7) is 6.43. The van der Waals surface area contributed by atoms with Gasteiger partial charge in [0.25, 0.3) is 0 Å². The van der Waals surface area contributed by atoms with Gasteiger partial charge in [-0.05, 0) is 26.3 Å². The van der Waals surface area contributed by atoms with Crippen molar-refractivity contribution in [1.29, 1.82) is 0 Å². The number of carbonyl (C=O) groups excluding carboxylic acids is 1. The van der Waals surface area contributed by atoms with Crippen molar-refractivity contribution in [1.82, 2.24) is 5.32 Å². The number of benzene rings is 1. The first-order valence-corrected chi connectivity index (χ1v) is 9.40. The van der Waals surface area contributed by atoms with Gasteiger partial charge in [-0.25, -0.2) is 0 Å². The lowest BCUT2D eigenvalue weighted by atomic mass is 10.00. The molecule has 0 radical (unpaired) electrons. The maximum Gasteiger partial charge on any atom is 0.307 e. The van der Waals surface area contributed by atoms with Crippen LogP contribution in [0.2, 0.25) is 0 Å². The molecule has 0 amide bonds. The Bertz CT molecular complexity index is 622. The fourth-order valence-electron chi connectivity index (χ4n) is 3.65. The second kappa shape index (κ2) is 8.67. The summed E-state index contributed by atoms with van der Waals surface area (Å²) in [6.07, 6.45) is -1.42. The Hall–Kier alpha value is -1.51. The molecule has 0 saturated carbocycles. The monoisotopic (exact) mass is 379 g/mol. The van der Waals surface area contributed by atoms with Gasteiger partial charge in [-0.1, -0.05) is 30.3 Å². The van der Waals surface area contributed by atoms with Crippen LogP contribution in [0, 0.1) is 0 Å². The molecule has 0 aliphatic carbocycles. The van der Waals surface area contributed by atoms with Crippen LogP contribution in [-0.4, -0.2) is 56.1 Å². The molecule has 2 saturated heterocycles. The Morgan fingerprint density at radius 1 is 1.26 bits per heavy atom. The van der Waals surface area contributed by atoms with Crippen LogP contribution in [-0.2, 0) is 35.0 Å². The molecule has 0 aromatic heterocycles. The quantitative estimate of drug-likeness (QED) is 0.692. The van der Waals surface area contributed by atoms with Crippen molar-refractivity contribution in [2.45, 2.75) is 70.2 Å². The molecule has 2 heterocycles. The highest BCUT2D eigenvalue weighted by Crippen LogP contribution is 2.39. The van der Waals surface area contributed by atoms with E-state index in [2.05, 4.69) is 5.32 Å². The van der Waals surface area contributed by atoms with E-state index in [9.17, 15) is 4.79 Å². The summed E-state index contributed by atoms with van der Waals surface area (Å²) < 4.78 is 28.7. The molecular weight excluding hydrogens is 350 g/mol. The number of hydrogen-bond acceptors (Lipinski definition) is 7. The van der Waals surface area contributed by atoms with E-state index in [1.165, 1.54) is 0 Å². The lowest BCUT2D eigenvalue weighted by molar-refractivity contribution is -0.220. The number of fused-ring (bicyclic) bond motifs is 1. The molecule has 1 aromatic rings. The molecule has 1 aromatic carbocycles. The van der Waals surface area contributed by atoms with E-state index < -0.39 is 18.2 Å². The number of esters is 1. The standard InChI is InChI=1S/C20H29NO6/c1-5-24-15(22)11-14(21-12-13-9-7-6-8-10-13)16-17(23-4)18-19(25-16)27-20(2,3)26-18/h6-10,14,16-19,21H,5,11-12H2,1-4H3/t14?,16-,17+,18-,19-/m1/s1. The van der Waals surface area contributed by atoms with Crippen molar-refractivity contribution in [3.8, 4) is 0 Å². The minimum Gasteiger partial charge on any atom is -0.466 e. The van der Waals surface area contributed by atoms with E-state index in [0.29, 0.717) is 13.2 Å². The van der Waals surface area contributed by atoms with Crippen LogP contribution in [0.4, 0.5) is 0 Å². The Labute approximate surface area is 160 Å². The summed E-state index contributed by atoms with van der Waals surface area (Å²) in [5.74, 6) is -0.994. The van der Waals surface area contributed by atoms with E-state index in [4.69, 9.17) is 23.7 Å². The van der Waals surface area contributed by atoms with Gasteiger partial charge in [0.1, 0.15) is 18.3 Å². The summed E-state index contributed by atoms with van der Waals surface area (Å²) in [6, 6.07) is 9.70. The Morgan fingerprint density at radius 2 is 2.00 bits per heavy atom. The number of hydrogen-bond donors (Lipinski definition) is 1. The van der Waals surface area contributed by atoms with E-state index >= 15 is 0 Å². The maximum atomic E-state index is 12.1. The molecule has 5 atom stereocenters. The third-order valence-electron chi connectivity index (χ3n) is 4.80. The lowest BCUT2D eigenvalue weighted by Crippen LogP contribution is -2.49. The minimum atomic E-state index is -0.717. The Kier molecular flexibility index (Phi) is 6.49. The zero-order valence-corrected chi connectivity index (χ0v) is 16.3. The highest BCUT2D eigenvalue weighted by molar-refractivity contribution is 5.70. The van der Waals surface area contributed by atoms with Gasteiger partial charge in [-0.15, -0.1) is 0 Å². The molecule has 7 nitrogen and oxygen atoms in total. The third-order valence-corrected chi connectivity index (χ3v) is 4.80. The van der Waals surface area contributed by atoms with Crippen molar-refractivity contribution in [2.24, 2.45) is 0 Å². The van der Waals surface area contributed by atoms with Crippen molar-refractivity contribution in [3.05, 3.63) is 35.9 Å². The molecule has 0 bridgehead atoms. The predicted octanol–water partition coefficient (Wildman–Crippen LogP) is 1.99. The summed E-state index contributed by atoms with van der Waals surface area (Å²) in [5, 5.41) is 3.42. The van der Waals surface area contributed by atoms with Gasteiger partial charge in [0, 0.05) is 19.7 Å². The molecule has 27 heavy (non-hydrogen) atoms. The van der Waals surface area contributed by atoms with Crippen LogP contribution < -0.4 is 5.32 Å². The van der Waals surface area contributed by atoms with E-state index in [1.54, 1.807) is 14.0 Å². The van der Waals surface area contributed by atoms with Crippen LogP contribution in [0.25, 0.3) is 0 Å². The Balaban J connectivity index is 1.72. The van der Waals surface area contributed by atoms with E-state index in [1.807, 2.05) is 44.2 Å². The molecule has 3 rings (SSSR count). The fraction of sp³-hybridized carbons (Fsp3) is 0.650. The maximum absolute atomic E-state index is 12.1. The van der Waals surface area contributed by atoms with Gasteiger partial charge < -0.3 is 29.0 Å². The second-order valence-electron chi connectivity index (χ2n) is 7.25. The van der Waals surface area contributed by atoms with Crippen molar-refractivity contribution in [3.63, 3.8) is 0 Å². The molecule has 2 aliphatic rings. The zero-order chi connectivity index (χ0) is 19.4. The van der Waals surface area contributed by atoms with Crippen LogP contribution in [0.3, 0.4) is 0 Å². The van der Waals surface area contributed by atoms with Gasteiger partial charge in [-0.3, -0.25) is 4.79 Å². The van der Waals surface area contributed by atoms with Crippen LogP contribution in [0.15, 0.2) is 30.3 Å². The summed E-state index contributed by atoms with van der Waals surface area (Å²) in [5.41, 5.74) is 1.12. The summed E-state index contributed by atoms with van der Waals surface area (Å²) >= 11 is 0. The highest BCUT2D eigenvalue weighted by Gasteiger charge is 2.56. The van der Waals surface area contributed by atoms with Crippen molar-refractivity contribution in [2.75, 3.05) is 13.7 Å². The minimum absolute atomic E-state index is 0.175. The molecule has 150 valence electrons. The molecule has 2 aliphatic heterocycles. The molecule has 1 unspecified atom stereocenters. The smallest absolute Gasteiger partial charge is 0.307 e. The molecule has 2 fully saturated rings. The van der Waals surface area contributed by atoms with Gasteiger partial charge >= 0.3 is 5.97 Å². The lowest BCUT2D eigenvalue weighted by Gasteiger charge is -2.30. The number of ether oxygens (including phenoxy) is 5. The average Bonchev–Trinajstić information content (AvgIpc) is 3.10. The molecule has 7 heteroatoms. The zero-order valence-electron chi connectivity index (χ0n) is 16.3. The van der Waals surface area contributed by atoms with Gasteiger partial charge in [0.2, 0.25) is 0 Å². The first kappa shape index (κ1) is 20.2. The van der Waals surface area contributed by atoms with Crippen molar-refractivity contribution < 1.29 is 28.5 Å².